The maximum absolute atomic E-state index is 3.55. The van der Waals surface area contributed by atoms with Crippen molar-refractivity contribution < 1.29 is 0 Å². The number of hydrogen-bond acceptors (Lipinski definition) is 2. The van der Waals surface area contributed by atoms with Crippen LogP contribution in [0.1, 0.15) is 122 Å². The fourth-order valence-electron chi connectivity index (χ4n) is 12.6. The Morgan fingerprint density at radius 2 is 1.37 bits per heavy atom. The first-order valence-electron chi connectivity index (χ1n) is 27.7. The van der Waals surface area contributed by atoms with E-state index in [0.717, 1.165) is 32.2 Å². The number of H-pyrrole nitrogens is 1. The van der Waals surface area contributed by atoms with E-state index < -0.39 is 0 Å². The van der Waals surface area contributed by atoms with Gasteiger partial charge in [-0.3, -0.25) is 0 Å². The van der Waals surface area contributed by atoms with Gasteiger partial charge in [-0.05, 0) is 174 Å². The van der Waals surface area contributed by atoms with E-state index in [1.807, 2.05) is 32.0 Å². The van der Waals surface area contributed by atoms with Gasteiger partial charge in [0.2, 0.25) is 0 Å². The van der Waals surface area contributed by atoms with Crippen LogP contribution in [-0.2, 0) is 19.4 Å². The van der Waals surface area contributed by atoms with Gasteiger partial charge < -0.3 is 14.8 Å². The Morgan fingerprint density at radius 3 is 2.12 bits per heavy atom. The van der Waals surface area contributed by atoms with Gasteiger partial charge in [-0.15, -0.1) is 0 Å². The Bertz CT molecular complexity index is 3350. The molecule has 3 heterocycles. The number of nitrogens with zero attached hydrogens (tertiary/aromatic N) is 2. The van der Waals surface area contributed by atoms with E-state index in [9.17, 15) is 0 Å². The molecule has 0 saturated carbocycles. The average molecular weight is 982 g/mol. The molecule has 0 spiro atoms. The third-order valence-corrected chi connectivity index (χ3v) is 16.2. The zero-order chi connectivity index (χ0) is 52.0. The van der Waals surface area contributed by atoms with Crippen molar-refractivity contribution in [2.75, 3.05) is 9.80 Å². The Morgan fingerprint density at radius 1 is 0.667 bits per heavy atom. The molecule has 5 unspecified atom stereocenters. The number of nitrogens with one attached hydrogen (secondary N) is 1. The highest BCUT2D eigenvalue weighted by Gasteiger charge is 2.44. The largest absolute Gasteiger partial charge is 0.364 e. The Labute approximate surface area is 448 Å². The Hall–Kier alpha value is -7.62. The van der Waals surface area contributed by atoms with Crippen LogP contribution in [0.4, 0.5) is 11.4 Å². The highest BCUT2D eigenvalue weighted by Crippen LogP contribution is 2.51. The number of allylic oxidation sites excluding steroid dienone is 12. The smallest absolute Gasteiger partial charge is 0.0499 e. The van der Waals surface area contributed by atoms with E-state index in [1.54, 1.807) is 0 Å². The summed E-state index contributed by atoms with van der Waals surface area (Å²) >= 11 is 0. The number of aromatic nitrogens is 1. The van der Waals surface area contributed by atoms with E-state index in [0.29, 0.717) is 23.8 Å². The van der Waals surface area contributed by atoms with Gasteiger partial charge in [-0.2, -0.15) is 0 Å². The summed E-state index contributed by atoms with van der Waals surface area (Å²) in [4.78, 5) is 8.63. The normalized spacial score (nSPS) is 20.6. The van der Waals surface area contributed by atoms with Crippen LogP contribution in [0.15, 0.2) is 241 Å². The number of aromatic amines is 1. The van der Waals surface area contributed by atoms with Crippen LogP contribution < -0.4 is 9.80 Å². The first-order chi connectivity index (χ1) is 36.7. The van der Waals surface area contributed by atoms with Gasteiger partial charge in [0, 0.05) is 65.0 Å². The molecule has 1 N–H and O–H groups in total. The number of para-hydroxylation sites is 2. The fraction of sp³-hybridized carbons (Fsp3) is 0.250. The second-order valence-electron chi connectivity index (χ2n) is 21.2. The highest BCUT2D eigenvalue weighted by molar-refractivity contribution is 5.77. The topological polar surface area (TPSA) is 22.3 Å². The molecule has 0 bridgehead atoms. The quantitative estimate of drug-likeness (QED) is 0.156. The second kappa shape index (κ2) is 22.9. The van der Waals surface area contributed by atoms with Gasteiger partial charge in [-0.1, -0.05) is 197 Å². The number of fused-ring (bicyclic) bond motifs is 4. The van der Waals surface area contributed by atoms with E-state index in [4.69, 9.17) is 0 Å². The standard InChI is InChI=1S/C63H61N3.C7H8.C2H6/c1-41-28-29-47(38-58(41)61-43(3)32-48-19-9-6-14-26-56(48)61)52-36-46(18-17-25-55-33-44(4)63-50(30-31-64-63)40-65(55)53-21-10-7-11-22-53)35-51(37-52)42(2)34-59-45(5)66(54-23-12-8-13-24-54)60-39-49-20-15-16-27-57(49)62(59)60;1-7-5-3-2-4-6-7;1-2/h7-17,19-31,33-38,43-44,60-62,64H,6,18,32,39-40H2,1-5H3;2-6H,1H3;1-2H3/b25-17-,42-34+;;. The van der Waals surface area contributed by atoms with Crippen LogP contribution in [-0.4, -0.2) is 11.0 Å². The lowest BCUT2D eigenvalue weighted by Crippen LogP contribution is -2.31. The molecule has 2 aliphatic heterocycles. The average Bonchev–Trinajstić information content (AvgIpc) is 4.15. The zero-order valence-electron chi connectivity index (χ0n) is 45.5. The van der Waals surface area contributed by atoms with Gasteiger partial charge >= 0.3 is 0 Å². The molecule has 0 saturated heterocycles. The molecular formula is C72H75N3. The summed E-state index contributed by atoms with van der Waals surface area (Å²) in [6.07, 6.45) is 25.3. The summed E-state index contributed by atoms with van der Waals surface area (Å²) in [5, 5.41) is 0. The number of aryl methyl sites for hydroxylation is 2. The van der Waals surface area contributed by atoms with Crippen LogP contribution in [0.3, 0.4) is 0 Å². The van der Waals surface area contributed by atoms with E-state index in [2.05, 4.69) is 251 Å². The van der Waals surface area contributed by atoms with Gasteiger partial charge in [0.05, 0.1) is 0 Å². The molecule has 5 atom stereocenters. The van der Waals surface area contributed by atoms with Gasteiger partial charge in [0.15, 0.2) is 0 Å². The van der Waals surface area contributed by atoms with E-state index in [1.165, 1.54) is 106 Å². The predicted octanol–water partition coefficient (Wildman–Crippen LogP) is 18.7. The molecule has 3 nitrogen and oxygen atoms in total. The van der Waals surface area contributed by atoms with Gasteiger partial charge in [0.1, 0.15) is 0 Å². The molecule has 5 aliphatic rings. The molecule has 1 aromatic heterocycles. The number of rotatable bonds is 9. The molecular weight excluding hydrogens is 907 g/mol. The summed E-state index contributed by atoms with van der Waals surface area (Å²) in [6, 6.07) is 58.5. The minimum absolute atomic E-state index is 0.276. The van der Waals surface area contributed by atoms with Crippen LogP contribution in [0.5, 0.6) is 0 Å². The Balaban J connectivity index is 0.000000654. The van der Waals surface area contributed by atoms with Crippen molar-refractivity contribution in [1.29, 1.82) is 0 Å². The van der Waals surface area contributed by atoms with Crippen molar-refractivity contribution in [3.05, 3.63) is 291 Å². The SMILES string of the molecule is CC.CC1=C(/C=C(\C)c2cc(C/C=C\C3=CC(C)c4[nH]ccc4CN3c3ccccc3)cc(-c3ccc(C)c(C4C5=C(C=CCC=C5)CC4C)c3)c2)C2c3ccccc3CC2N1c1ccccc1.Cc1ccccc1. The van der Waals surface area contributed by atoms with Crippen molar-refractivity contribution in [2.24, 2.45) is 5.92 Å². The molecule has 378 valence electrons. The van der Waals surface area contributed by atoms with Crippen molar-refractivity contribution in [3.63, 3.8) is 0 Å². The van der Waals surface area contributed by atoms with Crippen LogP contribution in [0, 0.1) is 19.8 Å². The van der Waals surface area contributed by atoms with Crippen LogP contribution in [0.25, 0.3) is 16.7 Å². The zero-order valence-corrected chi connectivity index (χ0v) is 45.5. The summed E-state index contributed by atoms with van der Waals surface area (Å²) in [6.45, 7) is 18.6. The van der Waals surface area contributed by atoms with Gasteiger partial charge in [-0.25, -0.2) is 0 Å². The predicted molar refractivity (Wildman–Crippen MR) is 320 cm³/mol. The summed E-state index contributed by atoms with van der Waals surface area (Å²) in [5.74, 6) is 1.54. The first kappa shape index (κ1) is 50.9. The van der Waals surface area contributed by atoms with Crippen LogP contribution in [0.2, 0.25) is 0 Å². The highest BCUT2D eigenvalue weighted by atomic mass is 15.2. The molecule has 0 fully saturated rings. The van der Waals surface area contributed by atoms with Crippen molar-refractivity contribution >= 4 is 16.9 Å². The number of anilines is 2. The summed E-state index contributed by atoms with van der Waals surface area (Å²) in [5.41, 5.74) is 25.7. The van der Waals surface area contributed by atoms with Gasteiger partial charge in [0.25, 0.3) is 0 Å². The first-order valence-corrected chi connectivity index (χ1v) is 27.7. The molecule has 75 heavy (non-hydrogen) atoms. The van der Waals surface area contributed by atoms with Crippen molar-refractivity contribution in [2.45, 2.75) is 111 Å². The third kappa shape index (κ3) is 10.7. The molecule has 3 aliphatic carbocycles. The maximum Gasteiger partial charge on any atom is 0.0499 e. The van der Waals surface area contributed by atoms with E-state index in [-0.39, 0.29) is 5.92 Å². The van der Waals surface area contributed by atoms with Crippen molar-refractivity contribution in [3.8, 4) is 11.1 Å². The lowest BCUT2D eigenvalue weighted by Gasteiger charge is -2.28. The second-order valence-corrected chi connectivity index (χ2v) is 21.2. The van der Waals surface area contributed by atoms with Crippen molar-refractivity contribution in [1.82, 2.24) is 4.98 Å². The molecule has 3 heteroatoms. The molecule has 12 rings (SSSR count). The maximum atomic E-state index is 3.55. The molecule has 7 aromatic rings. The monoisotopic (exact) mass is 982 g/mol. The lowest BCUT2D eigenvalue weighted by atomic mass is 9.81. The minimum Gasteiger partial charge on any atom is -0.364 e. The Kier molecular flexibility index (Phi) is 15.5. The summed E-state index contributed by atoms with van der Waals surface area (Å²) < 4.78 is 0. The molecule has 0 amide bonds. The minimum atomic E-state index is 0.276. The van der Waals surface area contributed by atoms with Crippen LogP contribution >= 0.6 is 0 Å². The number of hydrogen-bond donors (Lipinski definition) is 1. The molecule has 6 aromatic carbocycles. The molecule has 0 radical (unpaired) electrons. The van der Waals surface area contributed by atoms with E-state index >= 15 is 0 Å². The number of benzene rings is 6. The third-order valence-electron chi connectivity index (χ3n) is 16.2. The fourth-order valence-corrected chi connectivity index (χ4v) is 12.6. The lowest BCUT2D eigenvalue weighted by molar-refractivity contribution is 0.550. The summed E-state index contributed by atoms with van der Waals surface area (Å²) in [7, 11) is 0.